The Hall–Kier alpha value is -5.73. The molecule has 1 saturated heterocycles. The third-order valence-electron chi connectivity index (χ3n) is 13.0. The molecule has 0 unspecified atom stereocenters. The molecular weight excluding hydrogens is 883 g/mol. The summed E-state index contributed by atoms with van der Waals surface area (Å²) >= 11 is 0. The fourth-order valence-corrected chi connectivity index (χ4v) is 8.47. The van der Waals surface area contributed by atoms with Crippen LogP contribution in [0.25, 0.3) is 10.8 Å². The molecule has 1 amide bonds. The van der Waals surface area contributed by atoms with Crippen LogP contribution in [-0.4, -0.2) is 147 Å². The maximum atomic E-state index is 14.4. The quantitative estimate of drug-likeness (QED) is 0.0754. The smallest absolute Gasteiger partial charge is 0.320 e. The van der Waals surface area contributed by atoms with Crippen LogP contribution in [-0.2, 0) is 28.6 Å². The average molecular weight is 954 g/mol. The lowest BCUT2D eigenvalue weighted by molar-refractivity contribution is -0.160. The molecule has 2 aromatic carbocycles. The van der Waals surface area contributed by atoms with Crippen molar-refractivity contribution in [1.29, 1.82) is 0 Å². The standard InChI is InChI=1S/C43H58N4O12.C6H13NO2/c1-21-12-11-13-22(2)42(55)45-33-28(20-44-47-17-15-46(9)16-18-47)37(52)30-31(38(33)53)36(51)26(6)40-32(30)41(54)43(8,59-40)57-19-14-29(56-10)23(3)39(58-27(7)48)25(5)35(50)24(4)34(21)49;1-2-3-4-5(7)6(8)9/h11-14,19-21,23-25,29,34-35,39,49-53H,15-18H2,1-10H3,(H,45,55);5H,2-4,7H2,1H3,(H,8,9)/b12-11+,19-14+,22-13-,44-20+;/t21-,23+,24+,25+,29-,34-,35+,39+,43-;5-/m01/s1. The number of allylic oxidation sites excluding steroid dienone is 2. The number of aliphatic hydroxyl groups excluding tert-OH is 2. The van der Waals surface area contributed by atoms with Gasteiger partial charge in [0.2, 0.25) is 0 Å². The van der Waals surface area contributed by atoms with Crippen LogP contribution >= 0.6 is 0 Å². The zero-order valence-corrected chi connectivity index (χ0v) is 41.0. The third kappa shape index (κ3) is 12.3. The number of ether oxygens (including phenoxy) is 4. The van der Waals surface area contributed by atoms with Crippen molar-refractivity contribution >= 4 is 46.3 Å². The average Bonchev–Trinajstić information content (AvgIpc) is 3.56. The molecule has 0 spiro atoms. The van der Waals surface area contributed by atoms with Crippen molar-refractivity contribution in [3.8, 4) is 23.0 Å². The van der Waals surface area contributed by atoms with Crippen molar-refractivity contribution in [2.24, 2.45) is 34.5 Å². The van der Waals surface area contributed by atoms with Crippen molar-refractivity contribution < 1.29 is 68.8 Å². The summed E-state index contributed by atoms with van der Waals surface area (Å²) in [6, 6.07) is -0.662. The molecule has 0 saturated carbocycles. The van der Waals surface area contributed by atoms with Crippen LogP contribution in [0.4, 0.5) is 5.69 Å². The molecule has 0 aliphatic carbocycles. The van der Waals surface area contributed by atoms with Gasteiger partial charge >= 0.3 is 17.7 Å². The van der Waals surface area contributed by atoms with Crippen LogP contribution in [0.2, 0.25) is 0 Å². The number of nitrogens with zero attached hydrogens (tertiary/aromatic N) is 3. The number of fused-ring (bicyclic) bond motifs is 14. The molecule has 10 atom stereocenters. The number of nitrogens with one attached hydrogen (secondary N) is 1. The largest absolute Gasteiger partial charge is 0.507 e. The number of benzene rings is 2. The Kier molecular flexibility index (Phi) is 19.0. The molecule has 1 fully saturated rings. The lowest BCUT2D eigenvalue weighted by Gasteiger charge is -2.38. The number of carbonyl (C=O) groups excluding carboxylic acids is 3. The topological polar surface area (TPSA) is 283 Å². The Morgan fingerprint density at radius 3 is 2.22 bits per heavy atom. The molecule has 9 N–H and O–H groups in total. The van der Waals surface area contributed by atoms with E-state index in [4.69, 9.17) is 29.8 Å². The number of esters is 1. The second kappa shape index (κ2) is 23.5. The van der Waals surface area contributed by atoms with Gasteiger partial charge in [-0.2, -0.15) is 5.10 Å². The Labute approximate surface area is 397 Å². The molecule has 6 rings (SSSR count). The minimum Gasteiger partial charge on any atom is -0.507 e. The summed E-state index contributed by atoms with van der Waals surface area (Å²) in [4.78, 5) is 52.7. The summed E-state index contributed by atoms with van der Waals surface area (Å²) < 4.78 is 23.6. The Bertz CT molecular complexity index is 2290. The number of aliphatic carboxylic acids is 1. The number of phenols is 3. The highest BCUT2D eigenvalue weighted by molar-refractivity contribution is 6.23. The molecular formula is C49H71N5O14. The Morgan fingerprint density at radius 1 is 0.985 bits per heavy atom. The van der Waals surface area contributed by atoms with Crippen molar-refractivity contribution in [3.63, 3.8) is 0 Å². The number of hydrogen-bond acceptors (Lipinski definition) is 17. The van der Waals surface area contributed by atoms with E-state index in [2.05, 4.69) is 15.3 Å². The number of carbonyl (C=O) groups is 4. The van der Waals surface area contributed by atoms with E-state index in [9.17, 15) is 44.7 Å². The molecule has 2 aromatic rings. The first kappa shape index (κ1) is 54.9. The van der Waals surface area contributed by atoms with Crippen LogP contribution in [0.5, 0.6) is 23.0 Å². The molecule has 0 radical (unpaired) electrons. The molecule has 19 heteroatoms. The van der Waals surface area contributed by atoms with Gasteiger partial charge in [0.25, 0.3) is 11.7 Å². The van der Waals surface area contributed by atoms with Crippen LogP contribution < -0.4 is 15.8 Å². The summed E-state index contributed by atoms with van der Waals surface area (Å²) in [5.74, 6) is -9.24. The van der Waals surface area contributed by atoms with Crippen LogP contribution in [0.15, 0.2) is 41.2 Å². The van der Waals surface area contributed by atoms with Gasteiger partial charge in [0.15, 0.2) is 5.75 Å². The fraction of sp³-hybridized carbons (Fsp3) is 0.571. The second-order valence-corrected chi connectivity index (χ2v) is 18.2. The number of Topliss-reactive ketones (excluding diaryl/α,β-unsaturated/α-hetero) is 1. The number of hydrazone groups is 1. The number of amides is 1. The predicted molar refractivity (Wildman–Crippen MR) is 256 cm³/mol. The summed E-state index contributed by atoms with van der Waals surface area (Å²) in [5, 5.41) is 75.1. The van der Waals surface area contributed by atoms with Crippen molar-refractivity contribution in [2.45, 2.75) is 118 Å². The Balaban J connectivity index is 0.00000101. The van der Waals surface area contributed by atoms with Gasteiger partial charge in [0, 0.05) is 87.3 Å². The van der Waals surface area contributed by atoms with Gasteiger partial charge in [-0.05, 0) is 33.4 Å². The molecule has 4 aliphatic rings. The van der Waals surface area contributed by atoms with Gasteiger partial charge in [-0.25, -0.2) is 0 Å². The number of hydrogen-bond donors (Lipinski definition) is 8. The van der Waals surface area contributed by atoms with E-state index in [1.54, 1.807) is 44.9 Å². The van der Waals surface area contributed by atoms with Crippen LogP contribution in [0, 0.1) is 30.6 Å². The Morgan fingerprint density at radius 2 is 1.63 bits per heavy atom. The molecule has 0 aromatic heterocycles. The highest BCUT2D eigenvalue weighted by Gasteiger charge is 2.50. The number of carboxylic acid groups (broad SMARTS) is 1. The van der Waals surface area contributed by atoms with Gasteiger partial charge in [-0.3, -0.25) is 24.2 Å². The van der Waals surface area contributed by atoms with E-state index < -0.39 is 101 Å². The summed E-state index contributed by atoms with van der Waals surface area (Å²) in [6.45, 7) is 17.1. The number of ketones is 1. The summed E-state index contributed by atoms with van der Waals surface area (Å²) in [7, 11) is 3.42. The first-order chi connectivity index (χ1) is 31.9. The predicted octanol–water partition coefficient (Wildman–Crippen LogP) is 4.92. The number of anilines is 1. The molecule has 4 heterocycles. The summed E-state index contributed by atoms with van der Waals surface area (Å²) in [6.07, 6.45) is 7.35. The number of rotatable bonds is 8. The lowest BCUT2D eigenvalue weighted by atomic mass is 9.78. The van der Waals surface area contributed by atoms with Gasteiger partial charge < -0.3 is 65.5 Å². The highest BCUT2D eigenvalue weighted by atomic mass is 16.7. The molecule has 68 heavy (non-hydrogen) atoms. The molecule has 19 nitrogen and oxygen atoms in total. The van der Waals surface area contributed by atoms with Crippen molar-refractivity contribution in [2.75, 3.05) is 45.7 Å². The van der Waals surface area contributed by atoms with Crippen LogP contribution in [0.3, 0.4) is 0 Å². The summed E-state index contributed by atoms with van der Waals surface area (Å²) in [5.41, 5.74) is 4.85. The minimum atomic E-state index is -2.04. The van der Waals surface area contributed by atoms with Crippen LogP contribution in [0.1, 0.15) is 96.1 Å². The van der Waals surface area contributed by atoms with Crippen molar-refractivity contribution in [1.82, 2.24) is 9.91 Å². The zero-order chi connectivity index (χ0) is 50.9. The van der Waals surface area contributed by atoms with E-state index >= 15 is 0 Å². The number of phenolic OH excluding ortho intramolecular Hbond substituents is 3. The van der Waals surface area contributed by atoms with E-state index in [-0.39, 0.29) is 44.5 Å². The van der Waals surface area contributed by atoms with E-state index in [0.29, 0.717) is 19.5 Å². The van der Waals surface area contributed by atoms with E-state index in [0.717, 1.165) is 25.9 Å². The number of piperazine rings is 1. The maximum Gasteiger partial charge on any atom is 0.320 e. The lowest BCUT2D eigenvalue weighted by Crippen LogP contribution is -2.46. The molecule has 4 aliphatic heterocycles. The number of nitrogens with two attached hydrogens (primary N) is 1. The fourth-order valence-electron chi connectivity index (χ4n) is 8.47. The third-order valence-corrected chi connectivity index (χ3v) is 13.0. The van der Waals surface area contributed by atoms with Gasteiger partial charge in [0.1, 0.15) is 29.4 Å². The maximum absolute atomic E-state index is 14.4. The first-order valence-corrected chi connectivity index (χ1v) is 23.0. The number of aromatic hydroxyl groups is 3. The number of methoxy groups -OCH3 is 1. The van der Waals surface area contributed by atoms with E-state index in [1.807, 2.05) is 14.0 Å². The number of carboxylic acids is 1. The number of likely N-dealkylation sites (N-methyl/N-ethyl adjacent to an activating group) is 1. The zero-order valence-electron chi connectivity index (χ0n) is 41.0. The van der Waals surface area contributed by atoms with Gasteiger partial charge in [-0.15, -0.1) is 0 Å². The number of unbranched alkanes of at least 4 members (excludes halogenated alkanes) is 1. The highest BCUT2D eigenvalue weighted by Crippen LogP contribution is 2.55. The number of aliphatic hydroxyl groups is 2. The van der Waals surface area contributed by atoms with Gasteiger partial charge in [0.05, 0.1) is 53.0 Å². The van der Waals surface area contributed by atoms with Crippen molar-refractivity contribution in [3.05, 3.63) is 52.8 Å². The van der Waals surface area contributed by atoms with Gasteiger partial charge in [-0.1, -0.05) is 65.7 Å². The SMILES string of the molecule is CCCC[C@@H](N)C(=O)O.CO[C@H]1/C=C/O[C@@]2(C)Oc3c(C)c(O)c4c(O)c(c(/C=N/N5CCN(C)CC5)c(O)c4c3C2=O)NC(=O)/C(C)=C\C=C\[C@H](C)[C@H](O)[C@@H](C)[C@@H](O)[C@@H](C)[C@H](OC(C)=O)[C@@H]1C. The molecule has 5 bridgehead atoms. The molecule has 376 valence electrons. The minimum absolute atomic E-state index is 0.0559. The van der Waals surface area contributed by atoms with E-state index in [1.165, 1.54) is 59.4 Å². The normalized spacial score (nSPS) is 29.6. The second-order valence-electron chi connectivity index (χ2n) is 18.2. The first-order valence-electron chi connectivity index (χ1n) is 23.0. The monoisotopic (exact) mass is 953 g/mol.